The van der Waals surface area contributed by atoms with Crippen molar-refractivity contribution in [2.75, 3.05) is 32.7 Å². The van der Waals surface area contributed by atoms with Crippen molar-refractivity contribution < 1.29 is 4.74 Å². The van der Waals surface area contributed by atoms with Gasteiger partial charge in [0.2, 0.25) is 0 Å². The van der Waals surface area contributed by atoms with Gasteiger partial charge in [0.1, 0.15) is 0 Å². The zero-order valence-corrected chi connectivity index (χ0v) is 10.8. The molecular weight excluding hydrogens is 210 g/mol. The molecule has 1 aliphatic rings. The van der Waals surface area contributed by atoms with Gasteiger partial charge < -0.3 is 4.74 Å². The summed E-state index contributed by atoms with van der Waals surface area (Å²) in [6.45, 7) is 5.44. The second-order valence-corrected chi connectivity index (χ2v) is 4.88. The van der Waals surface area contributed by atoms with Crippen molar-refractivity contribution in [2.45, 2.75) is 38.6 Å². The number of hydrogen-bond donors (Lipinski definition) is 0. The Morgan fingerprint density at radius 2 is 2.07 bits per heavy atom. The van der Waals surface area contributed by atoms with Crippen LogP contribution in [0.4, 0.5) is 0 Å². The molecule has 1 atom stereocenters. The maximum Gasteiger partial charge on any atom is 0.0589 e. The summed E-state index contributed by atoms with van der Waals surface area (Å²) in [5.74, 6) is 1.73. The van der Waals surface area contributed by atoms with Gasteiger partial charge in [-0.15, -0.1) is 11.6 Å². The minimum atomic E-state index is 0.732. The van der Waals surface area contributed by atoms with Gasteiger partial charge in [-0.1, -0.05) is 0 Å². The van der Waals surface area contributed by atoms with E-state index in [2.05, 4.69) is 11.8 Å². The van der Waals surface area contributed by atoms with Gasteiger partial charge in [0, 0.05) is 25.6 Å². The Morgan fingerprint density at radius 3 is 2.60 bits per heavy atom. The van der Waals surface area contributed by atoms with Crippen molar-refractivity contribution in [3.8, 4) is 0 Å². The summed E-state index contributed by atoms with van der Waals surface area (Å²) in [5.41, 5.74) is 0. The summed E-state index contributed by atoms with van der Waals surface area (Å²) in [6, 6.07) is 0.732. The Morgan fingerprint density at radius 1 is 1.33 bits per heavy atom. The molecule has 1 unspecified atom stereocenters. The number of unbranched alkanes of at least 4 members (excludes halogenated alkanes) is 1. The van der Waals surface area contributed by atoms with Gasteiger partial charge in [0.05, 0.1) is 6.61 Å². The van der Waals surface area contributed by atoms with E-state index in [1.807, 2.05) is 0 Å². The van der Waals surface area contributed by atoms with Crippen molar-refractivity contribution in [2.24, 2.45) is 5.92 Å². The van der Waals surface area contributed by atoms with Crippen LogP contribution in [0.5, 0.6) is 0 Å². The lowest BCUT2D eigenvalue weighted by molar-refractivity contribution is 0.116. The predicted molar refractivity (Wildman–Crippen MR) is 65.6 cm³/mol. The van der Waals surface area contributed by atoms with Crippen LogP contribution in [-0.4, -0.2) is 43.6 Å². The Kier molecular flexibility index (Phi) is 6.62. The average molecular weight is 234 g/mol. The Balaban J connectivity index is 2.23. The third kappa shape index (κ3) is 5.19. The first-order valence-electron chi connectivity index (χ1n) is 6.08. The maximum atomic E-state index is 5.70. The molecule has 2 nitrogen and oxygen atoms in total. The molecule has 0 spiro atoms. The molecule has 1 fully saturated rings. The number of alkyl halides is 1. The van der Waals surface area contributed by atoms with Crippen LogP contribution in [0.15, 0.2) is 0 Å². The van der Waals surface area contributed by atoms with Gasteiger partial charge in [0.25, 0.3) is 0 Å². The molecular formula is C12H24ClNO. The van der Waals surface area contributed by atoms with Crippen molar-refractivity contribution in [1.29, 1.82) is 0 Å². The number of halogens is 1. The van der Waals surface area contributed by atoms with Crippen LogP contribution < -0.4 is 0 Å². The van der Waals surface area contributed by atoms with Gasteiger partial charge in [-0.3, -0.25) is 4.90 Å². The lowest BCUT2D eigenvalue weighted by atomic mass is 10.1. The molecule has 0 saturated heterocycles. The summed E-state index contributed by atoms with van der Waals surface area (Å²) >= 11 is 5.70. The third-order valence-corrected chi connectivity index (χ3v) is 3.56. The van der Waals surface area contributed by atoms with E-state index in [-0.39, 0.29) is 0 Å². The SMILES string of the molecule is COCCN(CCCCCl)C(C)C1CC1. The van der Waals surface area contributed by atoms with E-state index in [0.29, 0.717) is 0 Å². The highest BCUT2D eigenvalue weighted by Gasteiger charge is 2.31. The Hall–Kier alpha value is 0.210. The van der Waals surface area contributed by atoms with E-state index < -0.39 is 0 Å². The molecule has 0 radical (unpaired) electrons. The van der Waals surface area contributed by atoms with Crippen molar-refractivity contribution in [3.05, 3.63) is 0 Å². The molecule has 15 heavy (non-hydrogen) atoms. The summed E-state index contributed by atoms with van der Waals surface area (Å²) in [7, 11) is 1.78. The molecule has 0 aromatic heterocycles. The number of ether oxygens (including phenoxy) is 1. The second kappa shape index (κ2) is 7.48. The van der Waals surface area contributed by atoms with Gasteiger partial charge in [-0.2, -0.15) is 0 Å². The predicted octanol–water partition coefficient (Wildman–Crippen LogP) is 2.75. The zero-order chi connectivity index (χ0) is 11.1. The Labute approximate surface area is 98.9 Å². The summed E-state index contributed by atoms with van der Waals surface area (Å²) in [4.78, 5) is 2.56. The van der Waals surface area contributed by atoms with E-state index in [1.165, 1.54) is 25.8 Å². The highest BCUT2D eigenvalue weighted by molar-refractivity contribution is 6.17. The minimum absolute atomic E-state index is 0.732. The first kappa shape index (κ1) is 13.3. The maximum absolute atomic E-state index is 5.70. The standard InChI is InChI=1S/C12H24ClNO/c1-11(12-5-6-12)14(9-10-15-2)8-4-3-7-13/h11-12H,3-10H2,1-2H3. The van der Waals surface area contributed by atoms with Crippen LogP contribution in [-0.2, 0) is 4.74 Å². The normalized spacial score (nSPS) is 18.4. The first-order chi connectivity index (χ1) is 7.29. The van der Waals surface area contributed by atoms with Gasteiger partial charge >= 0.3 is 0 Å². The highest BCUT2D eigenvalue weighted by Crippen LogP contribution is 2.35. The van der Waals surface area contributed by atoms with Crippen LogP contribution in [0.3, 0.4) is 0 Å². The topological polar surface area (TPSA) is 12.5 Å². The molecule has 0 heterocycles. The summed E-state index contributed by atoms with van der Waals surface area (Å²) in [5, 5.41) is 0. The van der Waals surface area contributed by atoms with Crippen molar-refractivity contribution in [3.63, 3.8) is 0 Å². The monoisotopic (exact) mass is 233 g/mol. The van der Waals surface area contributed by atoms with E-state index >= 15 is 0 Å². The van der Waals surface area contributed by atoms with Crippen LogP contribution >= 0.6 is 11.6 Å². The summed E-state index contributed by atoms with van der Waals surface area (Å²) < 4.78 is 5.16. The van der Waals surface area contributed by atoms with Crippen LogP contribution in [0.2, 0.25) is 0 Å². The largest absolute Gasteiger partial charge is 0.383 e. The summed E-state index contributed by atoms with van der Waals surface area (Å²) in [6.07, 6.45) is 5.17. The van der Waals surface area contributed by atoms with E-state index in [4.69, 9.17) is 16.3 Å². The lowest BCUT2D eigenvalue weighted by Gasteiger charge is -2.28. The Bertz CT molecular complexity index is 162. The van der Waals surface area contributed by atoms with Crippen LogP contribution in [0, 0.1) is 5.92 Å². The fourth-order valence-electron chi connectivity index (χ4n) is 2.01. The molecule has 3 heteroatoms. The average Bonchev–Trinajstić information content (AvgIpc) is 3.06. The quantitative estimate of drug-likeness (QED) is 0.449. The number of rotatable bonds is 9. The molecule has 0 bridgehead atoms. The third-order valence-electron chi connectivity index (χ3n) is 3.29. The molecule has 90 valence electrons. The number of methoxy groups -OCH3 is 1. The lowest BCUT2D eigenvalue weighted by Crippen LogP contribution is -2.37. The first-order valence-corrected chi connectivity index (χ1v) is 6.62. The van der Waals surface area contributed by atoms with E-state index in [9.17, 15) is 0 Å². The molecule has 0 aromatic carbocycles. The van der Waals surface area contributed by atoms with Crippen LogP contribution in [0.1, 0.15) is 32.6 Å². The molecule has 1 rings (SSSR count). The number of hydrogen-bond acceptors (Lipinski definition) is 2. The van der Waals surface area contributed by atoms with Crippen molar-refractivity contribution in [1.82, 2.24) is 4.90 Å². The molecule has 0 N–H and O–H groups in total. The molecule has 0 amide bonds. The van der Waals surface area contributed by atoms with Crippen molar-refractivity contribution >= 4 is 11.6 Å². The van der Waals surface area contributed by atoms with Crippen LogP contribution in [0.25, 0.3) is 0 Å². The molecule has 0 aliphatic heterocycles. The highest BCUT2D eigenvalue weighted by atomic mass is 35.5. The smallest absolute Gasteiger partial charge is 0.0589 e. The molecule has 0 aromatic rings. The van der Waals surface area contributed by atoms with Gasteiger partial charge in [0.15, 0.2) is 0 Å². The minimum Gasteiger partial charge on any atom is -0.383 e. The molecule has 1 aliphatic carbocycles. The zero-order valence-electron chi connectivity index (χ0n) is 10.0. The van der Waals surface area contributed by atoms with E-state index in [1.54, 1.807) is 7.11 Å². The fraction of sp³-hybridized carbons (Fsp3) is 1.00. The van der Waals surface area contributed by atoms with E-state index in [0.717, 1.165) is 37.4 Å². The fourth-order valence-corrected chi connectivity index (χ4v) is 2.20. The van der Waals surface area contributed by atoms with Gasteiger partial charge in [-0.05, 0) is 45.1 Å². The number of nitrogens with zero attached hydrogens (tertiary/aromatic N) is 1. The van der Waals surface area contributed by atoms with Gasteiger partial charge in [-0.25, -0.2) is 0 Å². The second-order valence-electron chi connectivity index (χ2n) is 4.50. The molecule has 1 saturated carbocycles.